The summed E-state index contributed by atoms with van der Waals surface area (Å²) < 4.78 is 12.9. The molecule has 6 rings (SSSR count). The summed E-state index contributed by atoms with van der Waals surface area (Å²) in [5.41, 5.74) is 2.55. The summed E-state index contributed by atoms with van der Waals surface area (Å²) in [6.07, 6.45) is 15.6. The number of aromatic amines is 1. The highest BCUT2D eigenvalue weighted by Gasteiger charge is 2.29. The Labute approximate surface area is 207 Å². The van der Waals surface area contributed by atoms with E-state index in [2.05, 4.69) is 35.4 Å². The van der Waals surface area contributed by atoms with Crippen LogP contribution in [-0.4, -0.2) is 78.1 Å². The van der Waals surface area contributed by atoms with Gasteiger partial charge < -0.3 is 14.5 Å². The van der Waals surface area contributed by atoms with E-state index < -0.39 is 5.91 Å². The van der Waals surface area contributed by atoms with Gasteiger partial charge >= 0.3 is 0 Å². The van der Waals surface area contributed by atoms with Crippen molar-refractivity contribution in [3.05, 3.63) is 49.1 Å². The average Bonchev–Trinajstić information content (AvgIpc) is 3.71. The molecule has 2 N–H and O–H groups in total. The molecule has 0 aromatic carbocycles. The molecule has 1 saturated heterocycles. The van der Waals surface area contributed by atoms with E-state index in [1.807, 2.05) is 10.9 Å². The number of carbonyl (C=O) groups is 1. The molecule has 186 valence electrons. The normalized spacial score (nSPS) is 20.9. The summed E-state index contributed by atoms with van der Waals surface area (Å²) in [7, 11) is 0. The molecule has 4 aromatic rings. The van der Waals surface area contributed by atoms with Gasteiger partial charge in [0.05, 0.1) is 42.9 Å². The zero-order valence-corrected chi connectivity index (χ0v) is 19.7. The predicted molar refractivity (Wildman–Crippen MR) is 129 cm³/mol. The molecule has 2 aliphatic rings. The maximum absolute atomic E-state index is 13.0. The molecular formula is C24H27N9O3. The van der Waals surface area contributed by atoms with E-state index in [0.717, 1.165) is 52.0 Å². The number of anilines is 1. The molecule has 0 spiro atoms. The monoisotopic (exact) mass is 489 g/mol. The fourth-order valence-electron chi connectivity index (χ4n) is 4.98. The van der Waals surface area contributed by atoms with Gasteiger partial charge in [0.25, 0.3) is 5.91 Å². The fourth-order valence-corrected chi connectivity index (χ4v) is 4.98. The number of morpholine rings is 1. The average molecular weight is 490 g/mol. The molecule has 12 heteroatoms. The summed E-state index contributed by atoms with van der Waals surface area (Å²) in [6, 6.07) is 0.846. The van der Waals surface area contributed by atoms with E-state index in [4.69, 9.17) is 14.3 Å². The topological polar surface area (TPSA) is 140 Å². The Morgan fingerprint density at radius 1 is 1.08 bits per heavy atom. The van der Waals surface area contributed by atoms with Crippen molar-refractivity contribution in [2.75, 3.05) is 31.6 Å². The molecule has 1 aliphatic carbocycles. The second-order valence-corrected chi connectivity index (χ2v) is 9.05. The van der Waals surface area contributed by atoms with Gasteiger partial charge in [-0.05, 0) is 25.7 Å². The van der Waals surface area contributed by atoms with Crippen molar-refractivity contribution in [3.63, 3.8) is 0 Å². The van der Waals surface area contributed by atoms with Gasteiger partial charge in [-0.2, -0.15) is 10.2 Å². The van der Waals surface area contributed by atoms with Gasteiger partial charge in [-0.25, -0.2) is 4.98 Å². The van der Waals surface area contributed by atoms with Gasteiger partial charge in [-0.15, -0.1) is 0 Å². The van der Waals surface area contributed by atoms with Crippen molar-refractivity contribution in [3.8, 4) is 22.8 Å². The molecule has 0 unspecified atom stereocenters. The molecule has 12 nitrogen and oxygen atoms in total. The highest BCUT2D eigenvalue weighted by Crippen LogP contribution is 2.34. The first-order chi connectivity index (χ1) is 17.7. The zero-order chi connectivity index (χ0) is 24.3. The van der Waals surface area contributed by atoms with Gasteiger partial charge in [0, 0.05) is 43.9 Å². The second-order valence-electron chi connectivity index (χ2n) is 9.05. The van der Waals surface area contributed by atoms with Crippen LogP contribution >= 0.6 is 0 Å². The van der Waals surface area contributed by atoms with Gasteiger partial charge in [-0.3, -0.25) is 29.4 Å². The Morgan fingerprint density at radius 2 is 1.92 bits per heavy atom. The van der Waals surface area contributed by atoms with Crippen LogP contribution < -0.4 is 5.32 Å². The molecule has 1 saturated carbocycles. The van der Waals surface area contributed by atoms with E-state index in [9.17, 15) is 4.79 Å². The lowest BCUT2D eigenvalue weighted by Crippen LogP contribution is -2.45. The minimum atomic E-state index is -0.394. The van der Waals surface area contributed by atoms with Crippen LogP contribution in [0.2, 0.25) is 0 Å². The van der Waals surface area contributed by atoms with Crippen molar-refractivity contribution in [2.45, 2.75) is 37.8 Å². The molecule has 1 aliphatic heterocycles. The van der Waals surface area contributed by atoms with Crippen LogP contribution in [0.25, 0.3) is 22.8 Å². The Kier molecular flexibility index (Phi) is 6.26. The number of hydrogen-bond acceptors (Lipinski definition) is 9. The first-order valence-corrected chi connectivity index (χ1v) is 12.2. The van der Waals surface area contributed by atoms with E-state index in [0.29, 0.717) is 34.6 Å². The molecule has 1 amide bonds. The van der Waals surface area contributed by atoms with Crippen LogP contribution in [0.3, 0.4) is 0 Å². The van der Waals surface area contributed by atoms with E-state index in [-0.39, 0.29) is 11.7 Å². The number of H-pyrrole nitrogens is 1. The van der Waals surface area contributed by atoms with E-state index >= 15 is 0 Å². The number of aromatic nitrogens is 7. The number of nitrogens with zero attached hydrogens (tertiary/aromatic N) is 7. The smallest absolute Gasteiger partial charge is 0.277 e. The highest BCUT2D eigenvalue weighted by atomic mass is 16.5. The number of oxazole rings is 1. The predicted octanol–water partition coefficient (Wildman–Crippen LogP) is 2.79. The molecular weight excluding hydrogens is 462 g/mol. The van der Waals surface area contributed by atoms with Crippen molar-refractivity contribution < 1.29 is 13.9 Å². The number of hydrogen-bond donors (Lipinski definition) is 2. The minimum Gasteiger partial charge on any atom is -0.444 e. The lowest BCUT2D eigenvalue weighted by Gasteiger charge is -2.38. The second kappa shape index (κ2) is 9.99. The SMILES string of the molecule is O=C(Nc1cn(C2CCC(N3CCOCC3)CC2)nc1-c1cnccn1)c1coc(-c2cn[nH]c2)n1. The Bertz CT molecular complexity index is 1290. The van der Waals surface area contributed by atoms with Crippen LogP contribution in [0, 0.1) is 0 Å². The summed E-state index contributed by atoms with van der Waals surface area (Å²) in [4.78, 5) is 28.5. The number of amides is 1. The highest BCUT2D eigenvalue weighted by molar-refractivity contribution is 6.04. The van der Waals surface area contributed by atoms with Gasteiger partial charge in [0.2, 0.25) is 5.89 Å². The lowest BCUT2D eigenvalue weighted by molar-refractivity contribution is 0.00507. The summed E-state index contributed by atoms with van der Waals surface area (Å²) in [5.74, 6) is -0.0787. The quantitative estimate of drug-likeness (QED) is 0.418. The van der Waals surface area contributed by atoms with Crippen molar-refractivity contribution in [1.29, 1.82) is 0 Å². The maximum Gasteiger partial charge on any atom is 0.277 e. The van der Waals surface area contributed by atoms with Crippen molar-refractivity contribution >= 4 is 11.6 Å². The Hall–Kier alpha value is -3.90. The Morgan fingerprint density at radius 3 is 2.67 bits per heavy atom. The lowest BCUT2D eigenvalue weighted by atomic mass is 9.90. The minimum absolute atomic E-state index is 0.162. The zero-order valence-electron chi connectivity index (χ0n) is 19.7. The van der Waals surface area contributed by atoms with Crippen molar-refractivity contribution in [1.82, 2.24) is 39.8 Å². The van der Waals surface area contributed by atoms with Crippen LogP contribution in [-0.2, 0) is 4.74 Å². The van der Waals surface area contributed by atoms with E-state index in [1.54, 1.807) is 31.0 Å². The number of carbonyl (C=O) groups excluding carboxylic acids is 1. The summed E-state index contributed by atoms with van der Waals surface area (Å²) >= 11 is 0. The third-order valence-corrected chi connectivity index (χ3v) is 6.87. The summed E-state index contributed by atoms with van der Waals surface area (Å²) in [5, 5.41) is 14.4. The molecule has 5 heterocycles. The third-order valence-electron chi connectivity index (χ3n) is 6.87. The molecule has 0 bridgehead atoms. The van der Waals surface area contributed by atoms with Crippen LogP contribution in [0.15, 0.2) is 47.9 Å². The van der Waals surface area contributed by atoms with Crippen molar-refractivity contribution in [2.24, 2.45) is 0 Å². The van der Waals surface area contributed by atoms with Crippen LogP contribution in [0.4, 0.5) is 5.69 Å². The van der Waals surface area contributed by atoms with Crippen LogP contribution in [0.5, 0.6) is 0 Å². The maximum atomic E-state index is 13.0. The Balaban J connectivity index is 1.21. The molecule has 36 heavy (non-hydrogen) atoms. The standard InChI is InChI=1S/C24H27N9O3/c34-23(21-15-36-24(30-21)16-11-27-28-12-16)29-20-14-33(31-22(20)19-13-25-5-6-26-19)18-3-1-17(2-4-18)32-7-9-35-10-8-32/h5-6,11-15,17-18H,1-4,7-10H2,(H,27,28)(H,29,34). The number of ether oxygens (including phenoxy) is 1. The third kappa shape index (κ3) is 4.64. The van der Waals surface area contributed by atoms with Crippen LogP contribution in [0.1, 0.15) is 42.2 Å². The van der Waals surface area contributed by atoms with Gasteiger partial charge in [0.15, 0.2) is 5.69 Å². The number of nitrogens with one attached hydrogen (secondary N) is 2. The first-order valence-electron chi connectivity index (χ1n) is 12.2. The first kappa shape index (κ1) is 22.6. The largest absolute Gasteiger partial charge is 0.444 e. The summed E-state index contributed by atoms with van der Waals surface area (Å²) in [6.45, 7) is 3.65. The fraction of sp³-hybridized carbons (Fsp3) is 0.417. The van der Waals surface area contributed by atoms with Gasteiger partial charge in [-0.1, -0.05) is 0 Å². The van der Waals surface area contributed by atoms with Gasteiger partial charge in [0.1, 0.15) is 17.7 Å². The molecule has 0 radical (unpaired) electrons. The molecule has 0 atom stereocenters. The molecule has 2 fully saturated rings. The number of rotatable bonds is 6. The van der Waals surface area contributed by atoms with E-state index in [1.165, 1.54) is 6.26 Å². The molecule has 4 aromatic heterocycles.